The van der Waals surface area contributed by atoms with E-state index in [-0.39, 0.29) is 30.4 Å². The molecule has 1 aliphatic rings. The van der Waals surface area contributed by atoms with Crippen LogP contribution in [0.25, 0.3) is 11.0 Å². The van der Waals surface area contributed by atoms with E-state index in [1.165, 1.54) is 0 Å². The minimum Gasteiger partial charge on any atom is -0.449 e. The van der Waals surface area contributed by atoms with Crippen LogP contribution in [0.3, 0.4) is 0 Å². The maximum Gasteiger partial charge on any atom is 0.287 e. The van der Waals surface area contributed by atoms with Gasteiger partial charge in [-0.15, -0.1) is 12.4 Å². The van der Waals surface area contributed by atoms with E-state index in [1.807, 2.05) is 19.1 Å². The number of carbonyl (C=O) groups is 1. The Morgan fingerprint density at radius 1 is 1.45 bits per heavy atom. The van der Waals surface area contributed by atoms with Crippen LogP contribution in [0.2, 0.25) is 5.02 Å². The number of hydrogen-bond donors (Lipinski definition) is 2. The van der Waals surface area contributed by atoms with Gasteiger partial charge in [-0.25, -0.2) is 0 Å². The van der Waals surface area contributed by atoms with Crippen LogP contribution >= 0.6 is 24.0 Å². The van der Waals surface area contributed by atoms with E-state index in [0.717, 1.165) is 30.3 Å². The average Bonchev–Trinajstić information content (AvgIpc) is 2.81. The summed E-state index contributed by atoms with van der Waals surface area (Å²) in [7, 11) is 0. The second-order valence-electron chi connectivity index (χ2n) is 5.64. The highest BCUT2D eigenvalue weighted by molar-refractivity contribution is 6.35. The number of halogens is 2. The molecule has 22 heavy (non-hydrogen) atoms. The van der Waals surface area contributed by atoms with E-state index in [9.17, 15) is 4.79 Å². The monoisotopic (exact) mass is 342 g/mol. The number of rotatable bonds is 2. The maximum absolute atomic E-state index is 12.5. The van der Waals surface area contributed by atoms with Crippen LogP contribution in [-0.4, -0.2) is 24.5 Å². The molecule has 2 N–H and O–H groups in total. The highest BCUT2D eigenvalue weighted by atomic mass is 35.5. The topological polar surface area (TPSA) is 54.3 Å². The summed E-state index contributed by atoms with van der Waals surface area (Å²) >= 11 is 6.13. The molecule has 1 aromatic heterocycles. The van der Waals surface area contributed by atoms with Gasteiger partial charge in [-0.2, -0.15) is 0 Å². The van der Waals surface area contributed by atoms with Gasteiger partial charge in [0, 0.05) is 23.0 Å². The van der Waals surface area contributed by atoms with Gasteiger partial charge in [0.05, 0.1) is 5.02 Å². The zero-order valence-corrected chi connectivity index (χ0v) is 14.2. The van der Waals surface area contributed by atoms with Crippen molar-refractivity contribution in [3.63, 3.8) is 0 Å². The molecule has 0 bridgehead atoms. The lowest BCUT2D eigenvalue weighted by molar-refractivity contribution is 0.0893. The third-order valence-corrected chi connectivity index (χ3v) is 4.50. The molecule has 0 spiro atoms. The first-order chi connectivity index (χ1) is 10.1. The molecule has 2 unspecified atom stereocenters. The lowest BCUT2D eigenvalue weighted by Gasteiger charge is -2.30. The summed E-state index contributed by atoms with van der Waals surface area (Å²) < 4.78 is 5.70. The van der Waals surface area contributed by atoms with Crippen molar-refractivity contribution < 1.29 is 9.21 Å². The number of piperidine rings is 1. The summed E-state index contributed by atoms with van der Waals surface area (Å²) in [6.45, 7) is 4.99. The van der Waals surface area contributed by atoms with Gasteiger partial charge in [0.15, 0.2) is 11.3 Å². The molecule has 1 aliphatic heterocycles. The van der Waals surface area contributed by atoms with Crippen molar-refractivity contribution >= 4 is 40.9 Å². The van der Waals surface area contributed by atoms with Crippen molar-refractivity contribution in [2.75, 3.05) is 6.54 Å². The van der Waals surface area contributed by atoms with Crippen LogP contribution in [0.4, 0.5) is 0 Å². The summed E-state index contributed by atoms with van der Waals surface area (Å²) in [5.41, 5.74) is 1.41. The maximum atomic E-state index is 12.5. The van der Waals surface area contributed by atoms with Crippen LogP contribution in [-0.2, 0) is 0 Å². The zero-order valence-electron chi connectivity index (χ0n) is 12.6. The molecule has 4 nitrogen and oxygen atoms in total. The van der Waals surface area contributed by atoms with E-state index >= 15 is 0 Å². The number of nitrogens with one attached hydrogen (secondary N) is 2. The predicted octanol–water partition coefficient (Wildman–Crippen LogP) is 3.69. The number of amides is 1. The molecule has 6 heteroatoms. The first-order valence-corrected chi connectivity index (χ1v) is 7.67. The van der Waals surface area contributed by atoms with Crippen LogP contribution < -0.4 is 10.6 Å². The normalized spacial score (nSPS) is 21.4. The van der Waals surface area contributed by atoms with Crippen molar-refractivity contribution in [2.45, 2.75) is 38.8 Å². The Bertz CT molecular complexity index is 684. The highest BCUT2D eigenvalue weighted by Gasteiger charge is 2.26. The highest BCUT2D eigenvalue weighted by Crippen LogP contribution is 2.30. The predicted molar refractivity (Wildman–Crippen MR) is 91.2 cm³/mol. The van der Waals surface area contributed by atoms with Crippen molar-refractivity contribution in [2.24, 2.45) is 0 Å². The molecule has 1 saturated heterocycles. The van der Waals surface area contributed by atoms with Crippen molar-refractivity contribution in [3.8, 4) is 0 Å². The van der Waals surface area contributed by atoms with E-state index in [1.54, 1.807) is 6.07 Å². The Balaban J connectivity index is 0.00000176. The van der Waals surface area contributed by atoms with Gasteiger partial charge in [0.2, 0.25) is 0 Å². The molecule has 1 amide bonds. The number of carbonyl (C=O) groups excluding carboxylic acids is 1. The molecule has 1 fully saturated rings. The zero-order chi connectivity index (χ0) is 15.0. The fourth-order valence-corrected chi connectivity index (χ4v) is 3.11. The first kappa shape index (κ1) is 17.1. The van der Waals surface area contributed by atoms with Gasteiger partial charge in [-0.3, -0.25) is 4.79 Å². The van der Waals surface area contributed by atoms with Gasteiger partial charge in [-0.05, 0) is 39.3 Å². The van der Waals surface area contributed by atoms with Crippen molar-refractivity contribution in [3.05, 3.63) is 34.5 Å². The van der Waals surface area contributed by atoms with Gasteiger partial charge >= 0.3 is 0 Å². The first-order valence-electron chi connectivity index (χ1n) is 7.30. The number of fused-ring (bicyclic) bond motifs is 1. The van der Waals surface area contributed by atoms with E-state index < -0.39 is 0 Å². The molecule has 3 rings (SSSR count). The molecule has 2 aromatic rings. The van der Waals surface area contributed by atoms with E-state index in [4.69, 9.17) is 16.0 Å². The number of hydrogen-bond acceptors (Lipinski definition) is 3. The Kier molecular flexibility index (Phi) is 5.37. The molecule has 0 radical (unpaired) electrons. The van der Waals surface area contributed by atoms with Crippen LogP contribution in [0.5, 0.6) is 0 Å². The van der Waals surface area contributed by atoms with Gasteiger partial charge in [-0.1, -0.05) is 23.7 Å². The summed E-state index contributed by atoms with van der Waals surface area (Å²) in [5.74, 6) is 0.191. The minimum atomic E-state index is -0.166. The summed E-state index contributed by atoms with van der Waals surface area (Å²) in [4.78, 5) is 12.5. The van der Waals surface area contributed by atoms with Crippen LogP contribution in [0, 0.1) is 6.92 Å². The minimum absolute atomic E-state index is 0. The van der Waals surface area contributed by atoms with Crippen molar-refractivity contribution in [1.82, 2.24) is 10.6 Å². The second-order valence-corrected chi connectivity index (χ2v) is 6.04. The largest absolute Gasteiger partial charge is 0.449 e. The van der Waals surface area contributed by atoms with E-state index in [2.05, 4.69) is 17.6 Å². The Morgan fingerprint density at radius 3 is 2.91 bits per heavy atom. The Morgan fingerprint density at radius 2 is 2.23 bits per heavy atom. The van der Waals surface area contributed by atoms with Gasteiger partial charge < -0.3 is 15.1 Å². The van der Waals surface area contributed by atoms with Gasteiger partial charge in [0.25, 0.3) is 5.91 Å². The standard InChI is InChI=1S/C16H19ClN2O2.ClH/c1-9-11-5-3-6-12(17)15(11)21-14(9)16(20)19-13-7-4-8-18-10(13)2;/h3,5-6,10,13,18H,4,7-8H2,1-2H3,(H,19,20);1H. The quantitative estimate of drug-likeness (QED) is 0.875. The third kappa shape index (κ3) is 3.09. The van der Waals surface area contributed by atoms with E-state index in [0.29, 0.717) is 16.4 Å². The fourth-order valence-electron chi connectivity index (χ4n) is 2.90. The molecule has 120 valence electrons. The molecular weight excluding hydrogens is 323 g/mol. The lowest BCUT2D eigenvalue weighted by Crippen LogP contribution is -2.51. The summed E-state index contributed by atoms with van der Waals surface area (Å²) in [6, 6.07) is 5.95. The van der Waals surface area contributed by atoms with Gasteiger partial charge in [0.1, 0.15) is 0 Å². The molecule has 2 atom stereocenters. The SMILES string of the molecule is Cc1c(C(=O)NC2CCCNC2C)oc2c(Cl)cccc12.Cl. The number of para-hydroxylation sites is 1. The number of furan rings is 1. The Labute approximate surface area is 141 Å². The smallest absolute Gasteiger partial charge is 0.287 e. The number of aryl methyl sites for hydroxylation is 1. The van der Waals surface area contributed by atoms with Crippen molar-refractivity contribution in [1.29, 1.82) is 0 Å². The third-order valence-electron chi connectivity index (χ3n) is 4.20. The molecule has 0 aliphatic carbocycles. The summed E-state index contributed by atoms with van der Waals surface area (Å²) in [6.07, 6.45) is 2.06. The summed E-state index contributed by atoms with van der Waals surface area (Å²) in [5, 5.41) is 7.86. The van der Waals surface area contributed by atoms with Crippen LogP contribution in [0.1, 0.15) is 35.9 Å². The average molecular weight is 343 g/mol. The fraction of sp³-hybridized carbons (Fsp3) is 0.438. The molecular formula is C16H20Cl2N2O2. The Hall–Kier alpha value is -1.23. The molecule has 1 aromatic carbocycles. The second kappa shape index (κ2) is 6.90. The lowest BCUT2D eigenvalue weighted by atomic mass is 9.99. The molecule has 2 heterocycles. The molecule has 0 saturated carbocycles. The number of benzene rings is 1. The van der Waals surface area contributed by atoms with Crippen LogP contribution in [0.15, 0.2) is 22.6 Å².